The number of likely N-dealkylation sites (N-methyl/N-ethyl adjacent to an activating group) is 2. The Bertz CT molecular complexity index is 564. The van der Waals surface area contributed by atoms with Crippen LogP contribution in [-0.2, 0) is 14.1 Å². The summed E-state index contributed by atoms with van der Waals surface area (Å²) in [5.74, 6) is 0.0988. The zero-order chi connectivity index (χ0) is 18.7. The summed E-state index contributed by atoms with van der Waals surface area (Å²) in [6.45, 7) is 9.97. The zero-order valence-electron chi connectivity index (χ0n) is 16.9. The molecule has 25 heavy (non-hydrogen) atoms. The van der Waals surface area contributed by atoms with Gasteiger partial charge in [-0.25, -0.2) is 9.34 Å². The Kier molecular flexibility index (Phi) is 4.92. The van der Waals surface area contributed by atoms with Gasteiger partial charge in [-0.15, -0.1) is 0 Å². The number of hydrogen-bond acceptors (Lipinski definition) is 3. The molecular weight excluding hydrogens is 335 g/mol. The number of esters is 1. The van der Waals surface area contributed by atoms with E-state index in [0.717, 1.165) is 12.8 Å². The molecule has 0 N–H and O–H groups in total. The Morgan fingerprint density at radius 1 is 1.08 bits per heavy atom. The lowest BCUT2D eigenvalue weighted by atomic mass is 9.91. The molecule has 0 aromatic heterocycles. The number of nitrogens with zero attached hydrogens (tertiary/aromatic N) is 2. The van der Waals surface area contributed by atoms with Gasteiger partial charge in [-0.3, -0.25) is 9.36 Å². The molecule has 0 radical (unpaired) electrons. The Balaban J connectivity index is 1.88. The van der Waals surface area contributed by atoms with E-state index in [9.17, 15) is 9.36 Å². The largest absolute Gasteiger partial charge is 0.460 e. The molecule has 5 nitrogen and oxygen atoms in total. The lowest BCUT2D eigenvalue weighted by Crippen LogP contribution is -2.37. The lowest BCUT2D eigenvalue weighted by Gasteiger charge is -2.28. The van der Waals surface area contributed by atoms with Crippen LogP contribution in [0.15, 0.2) is 0 Å². The standard InChI is InChI=1S/C19H35N2O3P/c1-12(2)15-16(18(22)24-19(3,4)5)17(15)25(23)20(6)13-10-8-9-11-14(13)21(25)7/h12-17H,8-11H2,1-7H3/t13-,14-,15+,16+,17+/m1/s1. The summed E-state index contributed by atoms with van der Waals surface area (Å²) in [5.41, 5.74) is -0.579. The summed E-state index contributed by atoms with van der Waals surface area (Å²) in [5, 5.41) is 0. The van der Waals surface area contributed by atoms with Crippen molar-refractivity contribution in [1.29, 1.82) is 0 Å². The van der Waals surface area contributed by atoms with E-state index in [4.69, 9.17) is 4.74 Å². The molecule has 3 fully saturated rings. The van der Waals surface area contributed by atoms with Crippen molar-refractivity contribution in [2.24, 2.45) is 17.8 Å². The number of ether oxygens (including phenoxy) is 1. The number of carbonyl (C=O) groups is 1. The van der Waals surface area contributed by atoms with E-state index >= 15 is 0 Å². The van der Waals surface area contributed by atoms with E-state index in [2.05, 4.69) is 23.2 Å². The maximum absolute atomic E-state index is 14.2. The molecule has 1 saturated heterocycles. The second kappa shape index (κ2) is 6.35. The average Bonchev–Trinajstić information content (AvgIpc) is 3.23. The van der Waals surface area contributed by atoms with E-state index < -0.39 is 13.0 Å². The van der Waals surface area contributed by atoms with Gasteiger partial charge in [-0.1, -0.05) is 26.7 Å². The van der Waals surface area contributed by atoms with Gasteiger partial charge in [-0.2, -0.15) is 0 Å². The van der Waals surface area contributed by atoms with E-state index in [0.29, 0.717) is 18.0 Å². The van der Waals surface area contributed by atoms with E-state index in [1.165, 1.54) is 12.8 Å². The third-order valence-electron chi connectivity index (χ3n) is 6.43. The van der Waals surface area contributed by atoms with Gasteiger partial charge in [-0.05, 0) is 59.5 Å². The molecule has 6 heteroatoms. The molecule has 0 aromatic carbocycles. The third kappa shape index (κ3) is 3.11. The van der Waals surface area contributed by atoms with Crippen molar-refractivity contribution < 1.29 is 14.1 Å². The second-order valence-electron chi connectivity index (χ2n) is 9.53. The maximum Gasteiger partial charge on any atom is 0.310 e. The molecule has 1 aliphatic heterocycles. The lowest BCUT2D eigenvalue weighted by molar-refractivity contribution is -0.157. The number of rotatable bonds is 3. The van der Waals surface area contributed by atoms with E-state index in [-0.39, 0.29) is 23.5 Å². The van der Waals surface area contributed by atoms with Crippen molar-refractivity contribution in [2.75, 3.05) is 14.1 Å². The fourth-order valence-electron chi connectivity index (χ4n) is 5.26. The van der Waals surface area contributed by atoms with Crippen LogP contribution in [0.25, 0.3) is 0 Å². The van der Waals surface area contributed by atoms with Crippen LogP contribution < -0.4 is 0 Å². The average molecular weight is 370 g/mol. The van der Waals surface area contributed by atoms with Crippen LogP contribution in [0.5, 0.6) is 0 Å². The van der Waals surface area contributed by atoms with Gasteiger partial charge in [0.2, 0.25) is 7.44 Å². The van der Waals surface area contributed by atoms with Crippen LogP contribution in [0.1, 0.15) is 60.3 Å². The zero-order valence-corrected chi connectivity index (χ0v) is 17.8. The van der Waals surface area contributed by atoms with Gasteiger partial charge in [0.05, 0.1) is 11.6 Å². The Morgan fingerprint density at radius 2 is 1.56 bits per heavy atom. The fourth-order valence-corrected chi connectivity index (χ4v) is 9.55. The minimum atomic E-state index is -2.74. The summed E-state index contributed by atoms with van der Waals surface area (Å²) in [6, 6.07) is 0.745. The Labute approximate surface area is 152 Å². The SMILES string of the molecule is CC(C)[C@H]1[C@H](C(=O)OC(C)(C)C)[C@H]1P1(=O)N(C)[C@@H]2CCCC[C@H]2N1C. The molecule has 144 valence electrons. The summed E-state index contributed by atoms with van der Waals surface area (Å²) < 4.78 is 24.2. The molecule has 0 aromatic rings. The minimum absolute atomic E-state index is 0.0806. The second-order valence-corrected chi connectivity index (χ2v) is 12.6. The fraction of sp³-hybridized carbons (Fsp3) is 0.947. The van der Waals surface area contributed by atoms with Gasteiger partial charge >= 0.3 is 5.97 Å². The molecule has 2 saturated carbocycles. The molecule has 3 aliphatic rings. The van der Waals surface area contributed by atoms with Crippen LogP contribution in [0, 0.1) is 17.8 Å². The predicted octanol–water partition coefficient (Wildman–Crippen LogP) is 3.98. The van der Waals surface area contributed by atoms with Gasteiger partial charge in [0.25, 0.3) is 0 Å². The highest BCUT2D eigenvalue weighted by atomic mass is 31.2. The highest BCUT2D eigenvalue weighted by Gasteiger charge is 2.70. The monoisotopic (exact) mass is 370 g/mol. The molecule has 0 spiro atoms. The van der Waals surface area contributed by atoms with Gasteiger partial charge < -0.3 is 4.74 Å². The number of fused-ring (bicyclic) bond motifs is 1. The summed E-state index contributed by atoms with van der Waals surface area (Å²) in [6.07, 6.45) is 4.66. The summed E-state index contributed by atoms with van der Waals surface area (Å²) in [4.78, 5) is 12.8. The van der Waals surface area contributed by atoms with Gasteiger partial charge in [0.1, 0.15) is 5.60 Å². The first-order valence-electron chi connectivity index (χ1n) is 9.79. The topological polar surface area (TPSA) is 49.9 Å². The van der Waals surface area contributed by atoms with E-state index in [1.807, 2.05) is 34.9 Å². The number of carbonyl (C=O) groups excluding carboxylic acids is 1. The Morgan fingerprint density at radius 3 is 1.96 bits per heavy atom. The van der Waals surface area contributed by atoms with Crippen molar-refractivity contribution in [3.63, 3.8) is 0 Å². The smallest absolute Gasteiger partial charge is 0.310 e. The van der Waals surface area contributed by atoms with Crippen LogP contribution in [-0.4, -0.2) is 52.7 Å². The third-order valence-corrected chi connectivity index (χ3v) is 10.3. The highest BCUT2D eigenvalue weighted by molar-refractivity contribution is 7.60. The van der Waals surface area contributed by atoms with Gasteiger partial charge in [0.15, 0.2) is 0 Å². The summed E-state index contributed by atoms with van der Waals surface area (Å²) >= 11 is 0. The first-order valence-corrected chi connectivity index (χ1v) is 11.5. The first-order chi connectivity index (χ1) is 11.5. The number of hydrogen-bond donors (Lipinski definition) is 0. The Hall–Kier alpha value is -0.380. The molecule has 2 aliphatic carbocycles. The molecule has 5 atom stereocenters. The molecule has 3 rings (SSSR count). The predicted molar refractivity (Wildman–Crippen MR) is 101 cm³/mol. The molecule has 0 bridgehead atoms. The maximum atomic E-state index is 14.2. The first kappa shape index (κ1) is 19.4. The quantitative estimate of drug-likeness (QED) is 0.556. The van der Waals surface area contributed by atoms with Crippen molar-refractivity contribution >= 4 is 13.4 Å². The van der Waals surface area contributed by atoms with Crippen LogP contribution >= 0.6 is 7.44 Å². The molecule has 1 heterocycles. The van der Waals surface area contributed by atoms with E-state index in [1.54, 1.807) is 0 Å². The normalized spacial score (nSPS) is 38.6. The van der Waals surface area contributed by atoms with Crippen molar-refractivity contribution in [3.8, 4) is 0 Å². The highest BCUT2D eigenvalue weighted by Crippen LogP contribution is 2.75. The van der Waals surface area contributed by atoms with Crippen LogP contribution in [0.2, 0.25) is 0 Å². The van der Waals surface area contributed by atoms with Crippen molar-refractivity contribution in [1.82, 2.24) is 9.34 Å². The molecular formula is C19H35N2O3P. The minimum Gasteiger partial charge on any atom is -0.460 e. The van der Waals surface area contributed by atoms with Gasteiger partial charge in [0, 0.05) is 12.1 Å². The summed E-state index contributed by atoms with van der Waals surface area (Å²) in [7, 11) is 1.31. The molecule has 0 unspecified atom stereocenters. The van der Waals surface area contributed by atoms with Crippen molar-refractivity contribution in [3.05, 3.63) is 0 Å². The van der Waals surface area contributed by atoms with Crippen LogP contribution in [0.4, 0.5) is 0 Å². The molecule has 0 amide bonds. The van der Waals surface area contributed by atoms with Crippen molar-refractivity contribution in [2.45, 2.75) is 83.6 Å². The van der Waals surface area contributed by atoms with Crippen LogP contribution in [0.3, 0.4) is 0 Å².